The summed E-state index contributed by atoms with van der Waals surface area (Å²) in [5.74, 6) is -1.07. The van der Waals surface area contributed by atoms with Crippen LogP contribution in [0.15, 0.2) is 12.1 Å². The summed E-state index contributed by atoms with van der Waals surface area (Å²) < 4.78 is 0. The van der Waals surface area contributed by atoms with Gasteiger partial charge in [0.25, 0.3) is 5.69 Å². The number of nitrogens with one attached hydrogen (secondary N) is 1. The zero-order chi connectivity index (χ0) is 15.3. The number of benzene rings is 1. The average Bonchev–Trinajstić information content (AvgIpc) is 2.37. The van der Waals surface area contributed by atoms with E-state index in [1.807, 2.05) is 6.92 Å². The molecule has 0 bridgehead atoms. The van der Waals surface area contributed by atoms with Gasteiger partial charge in [-0.15, -0.1) is 0 Å². The molecule has 6 nitrogen and oxygen atoms in total. The summed E-state index contributed by atoms with van der Waals surface area (Å²) in [6.45, 7) is 1.93. The molecule has 0 saturated heterocycles. The fourth-order valence-electron chi connectivity index (χ4n) is 1.66. The average molecular weight is 321 g/mol. The predicted molar refractivity (Wildman–Crippen MR) is 77.7 cm³/mol. The number of carbonyl (C=O) groups is 1. The number of hydrogen-bond acceptors (Lipinski definition) is 4. The van der Waals surface area contributed by atoms with Gasteiger partial charge in [0.15, 0.2) is 0 Å². The summed E-state index contributed by atoms with van der Waals surface area (Å²) in [7, 11) is 0. The van der Waals surface area contributed by atoms with Crippen LogP contribution < -0.4 is 5.32 Å². The summed E-state index contributed by atoms with van der Waals surface area (Å²) in [5, 5.41) is 22.9. The highest BCUT2D eigenvalue weighted by Crippen LogP contribution is 2.34. The Hall–Kier alpha value is -1.53. The maximum atomic E-state index is 11.2. The smallest absolute Gasteiger partial charge is 0.326 e. The van der Waals surface area contributed by atoms with Gasteiger partial charge in [-0.2, -0.15) is 0 Å². The molecule has 0 saturated carbocycles. The first-order chi connectivity index (χ1) is 9.36. The van der Waals surface area contributed by atoms with E-state index in [-0.39, 0.29) is 21.4 Å². The van der Waals surface area contributed by atoms with E-state index in [0.29, 0.717) is 12.8 Å². The first-order valence-corrected chi connectivity index (χ1v) is 6.75. The highest BCUT2D eigenvalue weighted by molar-refractivity contribution is 6.42. The number of carboxylic acids is 1. The Labute approximate surface area is 125 Å². The molecule has 110 valence electrons. The number of nitro benzene ring substituents is 1. The minimum absolute atomic E-state index is 0.0457. The second-order valence-corrected chi connectivity index (χ2v) is 5.03. The Balaban J connectivity index is 3.07. The molecule has 0 aliphatic heterocycles. The molecule has 1 rings (SSSR count). The van der Waals surface area contributed by atoms with Crippen molar-refractivity contribution in [1.29, 1.82) is 0 Å². The van der Waals surface area contributed by atoms with Gasteiger partial charge in [0.1, 0.15) is 11.7 Å². The Morgan fingerprint density at radius 2 is 2.05 bits per heavy atom. The van der Waals surface area contributed by atoms with E-state index >= 15 is 0 Å². The van der Waals surface area contributed by atoms with Gasteiger partial charge in [0, 0.05) is 6.07 Å². The second kappa shape index (κ2) is 7.31. The van der Waals surface area contributed by atoms with Crippen molar-refractivity contribution in [2.45, 2.75) is 32.2 Å². The van der Waals surface area contributed by atoms with E-state index < -0.39 is 16.9 Å². The third-order valence-electron chi connectivity index (χ3n) is 2.71. The molecule has 8 heteroatoms. The summed E-state index contributed by atoms with van der Waals surface area (Å²) in [6.07, 6.45) is 1.89. The third-order valence-corrected chi connectivity index (χ3v) is 3.43. The van der Waals surface area contributed by atoms with Crippen LogP contribution in [-0.4, -0.2) is 22.0 Å². The topological polar surface area (TPSA) is 92.5 Å². The van der Waals surface area contributed by atoms with E-state index in [4.69, 9.17) is 28.3 Å². The van der Waals surface area contributed by atoms with Crippen molar-refractivity contribution in [3.8, 4) is 0 Å². The quantitative estimate of drug-likeness (QED) is 0.586. The van der Waals surface area contributed by atoms with Crippen molar-refractivity contribution in [1.82, 2.24) is 0 Å². The summed E-state index contributed by atoms with van der Waals surface area (Å²) in [6, 6.07) is 1.46. The van der Waals surface area contributed by atoms with Gasteiger partial charge in [-0.3, -0.25) is 10.1 Å². The van der Waals surface area contributed by atoms with Gasteiger partial charge in [0.2, 0.25) is 0 Å². The van der Waals surface area contributed by atoms with Gasteiger partial charge in [0.05, 0.1) is 15.0 Å². The van der Waals surface area contributed by atoms with Crippen LogP contribution in [0.3, 0.4) is 0 Å². The molecule has 2 N–H and O–H groups in total. The lowest BCUT2D eigenvalue weighted by atomic mass is 10.1. The van der Waals surface area contributed by atoms with Crippen LogP contribution in [-0.2, 0) is 4.79 Å². The van der Waals surface area contributed by atoms with Crippen molar-refractivity contribution < 1.29 is 14.8 Å². The first kappa shape index (κ1) is 16.5. The number of nitro groups is 1. The zero-order valence-electron chi connectivity index (χ0n) is 10.7. The van der Waals surface area contributed by atoms with Crippen LogP contribution in [0, 0.1) is 10.1 Å². The van der Waals surface area contributed by atoms with Crippen molar-refractivity contribution in [3.05, 3.63) is 32.3 Å². The fourth-order valence-corrected chi connectivity index (χ4v) is 1.98. The SMILES string of the molecule is CCCCC(Nc1cc(Cl)c(Cl)cc1[N+](=O)[O-])C(=O)O. The fraction of sp³-hybridized carbons (Fsp3) is 0.417. The Bertz CT molecular complexity index is 522. The Morgan fingerprint density at radius 1 is 1.45 bits per heavy atom. The van der Waals surface area contributed by atoms with Crippen LogP contribution in [0.4, 0.5) is 11.4 Å². The van der Waals surface area contributed by atoms with E-state index in [1.54, 1.807) is 0 Å². The summed E-state index contributed by atoms with van der Waals surface area (Å²) in [4.78, 5) is 21.5. The van der Waals surface area contributed by atoms with E-state index in [0.717, 1.165) is 12.5 Å². The molecule has 0 radical (unpaired) electrons. The molecule has 1 aromatic carbocycles. The van der Waals surface area contributed by atoms with Gasteiger partial charge in [-0.1, -0.05) is 43.0 Å². The van der Waals surface area contributed by atoms with Gasteiger partial charge < -0.3 is 10.4 Å². The lowest BCUT2D eigenvalue weighted by molar-refractivity contribution is -0.384. The number of hydrogen-bond donors (Lipinski definition) is 2. The van der Waals surface area contributed by atoms with Crippen molar-refractivity contribution >= 4 is 40.5 Å². The van der Waals surface area contributed by atoms with Gasteiger partial charge in [-0.05, 0) is 12.5 Å². The van der Waals surface area contributed by atoms with Crippen LogP contribution in [0.1, 0.15) is 26.2 Å². The van der Waals surface area contributed by atoms with Crippen LogP contribution in [0.5, 0.6) is 0 Å². The number of rotatable bonds is 7. The summed E-state index contributed by atoms with van der Waals surface area (Å²) >= 11 is 11.5. The normalized spacial score (nSPS) is 11.9. The minimum atomic E-state index is -1.07. The van der Waals surface area contributed by atoms with Crippen molar-refractivity contribution in [2.75, 3.05) is 5.32 Å². The number of anilines is 1. The molecular formula is C12H14Cl2N2O4. The Kier molecular flexibility index (Phi) is 6.04. The largest absolute Gasteiger partial charge is 0.480 e. The maximum Gasteiger partial charge on any atom is 0.326 e. The van der Waals surface area contributed by atoms with Crippen molar-refractivity contribution in [3.63, 3.8) is 0 Å². The molecule has 0 aromatic heterocycles. The molecule has 0 aliphatic carbocycles. The molecule has 0 spiro atoms. The molecule has 20 heavy (non-hydrogen) atoms. The zero-order valence-corrected chi connectivity index (χ0v) is 12.2. The number of carboxylic acid groups (broad SMARTS) is 1. The number of nitrogens with zero attached hydrogens (tertiary/aromatic N) is 1. The van der Waals surface area contributed by atoms with E-state index in [2.05, 4.69) is 5.32 Å². The van der Waals surface area contributed by atoms with Crippen LogP contribution in [0.2, 0.25) is 10.0 Å². The maximum absolute atomic E-state index is 11.2. The highest BCUT2D eigenvalue weighted by atomic mass is 35.5. The lowest BCUT2D eigenvalue weighted by Crippen LogP contribution is -2.29. The molecule has 1 atom stereocenters. The monoisotopic (exact) mass is 320 g/mol. The van der Waals surface area contributed by atoms with Gasteiger partial charge in [-0.25, -0.2) is 4.79 Å². The molecule has 1 aromatic rings. The third kappa shape index (κ3) is 4.25. The van der Waals surface area contributed by atoms with Crippen LogP contribution >= 0.6 is 23.2 Å². The first-order valence-electron chi connectivity index (χ1n) is 5.99. The van der Waals surface area contributed by atoms with E-state index in [1.165, 1.54) is 6.07 Å². The molecule has 0 fully saturated rings. The molecule has 1 unspecified atom stereocenters. The predicted octanol–water partition coefficient (Wildman–Crippen LogP) is 3.96. The molecular weight excluding hydrogens is 307 g/mol. The Morgan fingerprint density at radius 3 is 2.55 bits per heavy atom. The number of unbranched alkanes of at least 4 members (excludes halogenated alkanes) is 1. The van der Waals surface area contributed by atoms with Gasteiger partial charge >= 0.3 is 5.97 Å². The standard InChI is InChI=1S/C12H14Cl2N2O4/c1-2-3-4-9(12(17)18)15-10-5-7(13)8(14)6-11(10)16(19)20/h5-6,9,15H,2-4H2,1H3,(H,17,18). The lowest BCUT2D eigenvalue weighted by Gasteiger charge is -2.16. The molecule has 0 heterocycles. The van der Waals surface area contributed by atoms with E-state index in [9.17, 15) is 14.9 Å². The number of aliphatic carboxylic acids is 1. The summed E-state index contributed by atoms with van der Waals surface area (Å²) in [5.41, 5.74) is -0.255. The minimum Gasteiger partial charge on any atom is -0.480 e. The van der Waals surface area contributed by atoms with Crippen LogP contribution in [0.25, 0.3) is 0 Å². The van der Waals surface area contributed by atoms with Crippen molar-refractivity contribution in [2.24, 2.45) is 0 Å². The molecule has 0 aliphatic rings. The second-order valence-electron chi connectivity index (χ2n) is 4.22. The highest BCUT2D eigenvalue weighted by Gasteiger charge is 2.23. The molecule has 0 amide bonds. The number of halogens is 2.